The molecule has 0 aliphatic rings. The molecule has 2 aromatic carbocycles. The van der Waals surface area contributed by atoms with Crippen molar-refractivity contribution in [3.8, 4) is 5.75 Å². The molecule has 0 fully saturated rings. The summed E-state index contributed by atoms with van der Waals surface area (Å²) in [6.07, 6.45) is 5.14. The second kappa shape index (κ2) is 8.28. The molecule has 0 amide bonds. The van der Waals surface area contributed by atoms with Crippen LogP contribution in [-0.2, 0) is 6.54 Å². The lowest BCUT2D eigenvalue weighted by Crippen LogP contribution is -2.15. The van der Waals surface area contributed by atoms with E-state index in [-0.39, 0.29) is 6.10 Å². The van der Waals surface area contributed by atoms with Gasteiger partial charge in [-0.05, 0) is 43.3 Å². The maximum Gasteiger partial charge on any atom is 0.143 e. The highest BCUT2D eigenvalue weighted by molar-refractivity contribution is 6.35. The zero-order chi connectivity index (χ0) is 17.6. The van der Waals surface area contributed by atoms with Crippen LogP contribution in [0.3, 0.4) is 0 Å². The van der Waals surface area contributed by atoms with Crippen molar-refractivity contribution in [3.05, 3.63) is 76.8 Å². The minimum Gasteiger partial charge on any atom is -0.484 e. The Bertz CT molecular complexity index is 804. The molecule has 0 bridgehead atoms. The van der Waals surface area contributed by atoms with Gasteiger partial charge in [0.05, 0.1) is 12.9 Å². The van der Waals surface area contributed by atoms with Gasteiger partial charge in [0, 0.05) is 40.2 Å². The predicted molar refractivity (Wildman–Crippen MR) is 103 cm³/mol. The summed E-state index contributed by atoms with van der Waals surface area (Å²) in [4.78, 5) is 4.09. The van der Waals surface area contributed by atoms with E-state index in [1.807, 2.05) is 47.2 Å². The summed E-state index contributed by atoms with van der Waals surface area (Å²) in [6, 6.07) is 13.3. The maximum absolute atomic E-state index is 6.40. The number of nitrogens with zero attached hydrogens (tertiary/aromatic N) is 2. The second-order valence-electron chi connectivity index (χ2n) is 5.59. The monoisotopic (exact) mass is 375 g/mol. The zero-order valence-corrected chi connectivity index (χ0v) is 15.3. The molecule has 3 rings (SSSR count). The number of benzene rings is 2. The lowest BCUT2D eigenvalue weighted by Gasteiger charge is -2.21. The zero-order valence-electron chi connectivity index (χ0n) is 13.8. The van der Waals surface area contributed by atoms with Gasteiger partial charge in [-0.25, -0.2) is 4.98 Å². The lowest BCUT2D eigenvalue weighted by molar-refractivity contribution is 0.183. The summed E-state index contributed by atoms with van der Waals surface area (Å²) in [7, 11) is 0. The van der Waals surface area contributed by atoms with Gasteiger partial charge in [-0.15, -0.1) is 0 Å². The first-order chi connectivity index (χ1) is 12.2. The van der Waals surface area contributed by atoms with Gasteiger partial charge in [0.1, 0.15) is 11.9 Å². The molecule has 4 nitrogen and oxygen atoms in total. The SMILES string of the molecule is CCNc1ccc(OC(Cn2ccnc2)c2ccc(Cl)cc2Cl)cc1. The van der Waals surface area contributed by atoms with Crippen molar-refractivity contribution in [1.82, 2.24) is 9.55 Å². The van der Waals surface area contributed by atoms with Gasteiger partial charge in [-0.3, -0.25) is 0 Å². The van der Waals surface area contributed by atoms with E-state index in [0.717, 1.165) is 23.5 Å². The van der Waals surface area contributed by atoms with E-state index in [1.54, 1.807) is 18.6 Å². The molecular formula is C19H19Cl2N3O. The number of aromatic nitrogens is 2. The van der Waals surface area contributed by atoms with Gasteiger partial charge < -0.3 is 14.6 Å². The van der Waals surface area contributed by atoms with Gasteiger partial charge in [0.15, 0.2) is 0 Å². The van der Waals surface area contributed by atoms with E-state index >= 15 is 0 Å². The highest BCUT2D eigenvalue weighted by atomic mass is 35.5. The third-order valence-corrected chi connectivity index (χ3v) is 4.32. The molecule has 1 heterocycles. The first-order valence-electron chi connectivity index (χ1n) is 8.07. The largest absolute Gasteiger partial charge is 0.484 e. The minimum absolute atomic E-state index is 0.260. The Balaban J connectivity index is 1.85. The Morgan fingerprint density at radius 1 is 1.16 bits per heavy atom. The summed E-state index contributed by atoms with van der Waals surface area (Å²) in [6.45, 7) is 3.54. The standard InChI is InChI=1S/C19H19Cl2N3O/c1-2-23-15-4-6-16(7-5-15)25-19(12-24-10-9-22-13-24)17-8-3-14(20)11-18(17)21/h3-11,13,19,23H,2,12H2,1H3. The minimum atomic E-state index is -0.260. The first kappa shape index (κ1) is 17.6. The number of hydrogen-bond donors (Lipinski definition) is 1. The molecule has 0 saturated heterocycles. The van der Waals surface area contributed by atoms with Crippen molar-refractivity contribution >= 4 is 28.9 Å². The summed E-state index contributed by atoms with van der Waals surface area (Å²) in [5.74, 6) is 0.776. The maximum atomic E-state index is 6.40. The third-order valence-electron chi connectivity index (χ3n) is 3.76. The number of halogens is 2. The van der Waals surface area contributed by atoms with Crippen molar-refractivity contribution in [2.45, 2.75) is 19.6 Å². The molecule has 3 aromatic rings. The molecule has 1 atom stereocenters. The summed E-state index contributed by atoms with van der Waals surface area (Å²) in [5.41, 5.74) is 1.95. The number of imidazole rings is 1. The van der Waals surface area contributed by atoms with Crippen LogP contribution in [0.25, 0.3) is 0 Å². The van der Waals surface area contributed by atoms with E-state index < -0.39 is 0 Å². The van der Waals surface area contributed by atoms with Crippen LogP contribution in [-0.4, -0.2) is 16.1 Å². The lowest BCUT2D eigenvalue weighted by atomic mass is 10.1. The van der Waals surface area contributed by atoms with E-state index in [2.05, 4.69) is 17.2 Å². The van der Waals surface area contributed by atoms with E-state index in [9.17, 15) is 0 Å². The number of nitrogens with one attached hydrogen (secondary N) is 1. The van der Waals surface area contributed by atoms with Crippen LogP contribution in [0.15, 0.2) is 61.2 Å². The average molecular weight is 376 g/mol. The fourth-order valence-corrected chi connectivity index (χ4v) is 3.10. The fraction of sp³-hybridized carbons (Fsp3) is 0.211. The smallest absolute Gasteiger partial charge is 0.143 e. The highest BCUT2D eigenvalue weighted by Crippen LogP contribution is 2.31. The van der Waals surface area contributed by atoms with Crippen molar-refractivity contribution in [3.63, 3.8) is 0 Å². The molecule has 6 heteroatoms. The average Bonchev–Trinajstić information content (AvgIpc) is 3.09. The third kappa shape index (κ3) is 4.68. The molecule has 0 aliphatic heterocycles. The first-order valence-corrected chi connectivity index (χ1v) is 8.82. The van der Waals surface area contributed by atoms with E-state index in [0.29, 0.717) is 16.6 Å². The van der Waals surface area contributed by atoms with Crippen LogP contribution >= 0.6 is 23.2 Å². The molecule has 0 spiro atoms. The molecule has 0 aliphatic carbocycles. The molecule has 0 saturated carbocycles. The molecule has 25 heavy (non-hydrogen) atoms. The van der Waals surface area contributed by atoms with Crippen LogP contribution in [0.1, 0.15) is 18.6 Å². The Morgan fingerprint density at radius 2 is 1.96 bits per heavy atom. The summed E-state index contributed by atoms with van der Waals surface area (Å²) >= 11 is 12.4. The molecule has 1 unspecified atom stereocenters. The van der Waals surface area contributed by atoms with Crippen LogP contribution in [0, 0.1) is 0 Å². The van der Waals surface area contributed by atoms with E-state index in [4.69, 9.17) is 27.9 Å². The number of anilines is 1. The van der Waals surface area contributed by atoms with Crippen LogP contribution < -0.4 is 10.1 Å². The molecule has 1 aromatic heterocycles. The van der Waals surface area contributed by atoms with E-state index in [1.165, 1.54) is 0 Å². The van der Waals surface area contributed by atoms with Crippen molar-refractivity contribution in [2.75, 3.05) is 11.9 Å². The van der Waals surface area contributed by atoms with Gasteiger partial charge in [0.25, 0.3) is 0 Å². The van der Waals surface area contributed by atoms with Gasteiger partial charge >= 0.3 is 0 Å². The number of ether oxygens (including phenoxy) is 1. The van der Waals surface area contributed by atoms with Crippen LogP contribution in [0.4, 0.5) is 5.69 Å². The quantitative estimate of drug-likeness (QED) is 0.597. The Labute approximate surface area is 157 Å². The normalized spacial score (nSPS) is 12.0. The Hall–Kier alpha value is -2.17. The molecular weight excluding hydrogens is 357 g/mol. The summed E-state index contributed by atoms with van der Waals surface area (Å²) < 4.78 is 8.18. The topological polar surface area (TPSA) is 39.1 Å². The molecule has 0 radical (unpaired) electrons. The second-order valence-corrected chi connectivity index (χ2v) is 6.43. The van der Waals surface area contributed by atoms with Gasteiger partial charge in [0.2, 0.25) is 0 Å². The van der Waals surface area contributed by atoms with Crippen molar-refractivity contribution in [2.24, 2.45) is 0 Å². The number of rotatable bonds is 7. The van der Waals surface area contributed by atoms with Crippen molar-refractivity contribution < 1.29 is 4.74 Å². The van der Waals surface area contributed by atoms with Crippen LogP contribution in [0.2, 0.25) is 10.0 Å². The number of hydrogen-bond acceptors (Lipinski definition) is 3. The fourth-order valence-electron chi connectivity index (χ4n) is 2.57. The predicted octanol–water partition coefficient (Wildman–Crippen LogP) is 5.44. The van der Waals surface area contributed by atoms with Crippen LogP contribution in [0.5, 0.6) is 5.75 Å². The van der Waals surface area contributed by atoms with Gasteiger partial charge in [-0.2, -0.15) is 0 Å². The Morgan fingerprint density at radius 3 is 2.60 bits per heavy atom. The van der Waals surface area contributed by atoms with Crippen molar-refractivity contribution in [1.29, 1.82) is 0 Å². The highest BCUT2D eigenvalue weighted by Gasteiger charge is 2.18. The van der Waals surface area contributed by atoms with Gasteiger partial charge in [-0.1, -0.05) is 29.3 Å². The Kier molecular flexibility index (Phi) is 5.84. The molecule has 1 N–H and O–H groups in total. The molecule has 130 valence electrons. The summed E-state index contributed by atoms with van der Waals surface area (Å²) in [5, 5.41) is 4.45.